The Kier molecular flexibility index (Phi) is 5.01. The maximum absolute atomic E-state index is 13.6. The Morgan fingerprint density at radius 1 is 1.19 bits per heavy atom. The maximum Gasteiger partial charge on any atom is 0.319 e. The lowest BCUT2D eigenvalue weighted by Crippen LogP contribution is -2.39. The zero-order valence-electron chi connectivity index (χ0n) is 14.0. The molecule has 8 heteroatoms. The van der Waals surface area contributed by atoms with Crippen LogP contribution in [0.4, 0.5) is 25.0 Å². The van der Waals surface area contributed by atoms with E-state index in [9.17, 15) is 18.4 Å². The Bertz CT molecular complexity index is 827. The number of ether oxygens (including phenoxy) is 1. The van der Waals surface area contributed by atoms with Crippen LogP contribution in [0, 0.1) is 11.6 Å². The maximum atomic E-state index is 13.6. The number of anilines is 2. The second-order valence-electron chi connectivity index (χ2n) is 5.83. The van der Waals surface area contributed by atoms with Crippen molar-refractivity contribution in [3.8, 4) is 5.75 Å². The largest absolute Gasteiger partial charge is 0.497 e. The third-order valence-electron chi connectivity index (χ3n) is 4.02. The van der Waals surface area contributed by atoms with Crippen molar-refractivity contribution in [1.29, 1.82) is 0 Å². The molecule has 1 heterocycles. The van der Waals surface area contributed by atoms with Crippen molar-refractivity contribution in [2.75, 3.05) is 23.9 Å². The van der Waals surface area contributed by atoms with Gasteiger partial charge in [-0.2, -0.15) is 0 Å². The third kappa shape index (κ3) is 3.90. The van der Waals surface area contributed by atoms with Gasteiger partial charge in [0.2, 0.25) is 5.91 Å². The number of benzene rings is 2. The van der Waals surface area contributed by atoms with Crippen LogP contribution in [0.2, 0.25) is 0 Å². The number of carbonyl (C=O) groups is 2. The number of rotatable bonds is 4. The van der Waals surface area contributed by atoms with Crippen LogP contribution in [0.25, 0.3) is 0 Å². The molecule has 1 aliphatic rings. The molecule has 3 amide bonds. The molecular formula is C18H17F2N3O3. The highest BCUT2D eigenvalue weighted by atomic mass is 19.1. The summed E-state index contributed by atoms with van der Waals surface area (Å²) in [6.45, 7) is 0.282. The summed E-state index contributed by atoms with van der Waals surface area (Å²) in [5.74, 6) is -0.878. The van der Waals surface area contributed by atoms with Crippen molar-refractivity contribution in [3.63, 3.8) is 0 Å². The number of urea groups is 1. The van der Waals surface area contributed by atoms with Gasteiger partial charge in [0.1, 0.15) is 17.4 Å². The monoisotopic (exact) mass is 361 g/mol. The van der Waals surface area contributed by atoms with Crippen LogP contribution >= 0.6 is 0 Å². The van der Waals surface area contributed by atoms with Gasteiger partial charge in [-0.15, -0.1) is 0 Å². The Balaban J connectivity index is 1.61. The van der Waals surface area contributed by atoms with E-state index in [1.54, 1.807) is 36.3 Å². The molecule has 0 bridgehead atoms. The molecule has 0 aromatic heterocycles. The fraction of sp³-hybridized carbons (Fsp3) is 0.222. The summed E-state index contributed by atoms with van der Waals surface area (Å²) in [4.78, 5) is 25.7. The minimum absolute atomic E-state index is 0.116. The first kappa shape index (κ1) is 17.7. The number of halogens is 2. The molecule has 6 nitrogen and oxygen atoms in total. The summed E-state index contributed by atoms with van der Waals surface area (Å²) >= 11 is 0. The predicted molar refractivity (Wildman–Crippen MR) is 92.3 cm³/mol. The van der Waals surface area contributed by atoms with Gasteiger partial charge in [0.15, 0.2) is 0 Å². The normalized spacial score (nSPS) is 16.5. The molecule has 1 saturated heterocycles. The summed E-state index contributed by atoms with van der Waals surface area (Å²) in [5.41, 5.74) is 0.426. The number of hydrogen-bond donors (Lipinski definition) is 2. The SMILES string of the molecule is COc1ccc(N2C[C@H](NC(=O)Nc3cc(F)ccc3F)CC2=O)cc1. The molecule has 1 aliphatic heterocycles. The van der Waals surface area contributed by atoms with E-state index in [-0.39, 0.29) is 24.6 Å². The van der Waals surface area contributed by atoms with Gasteiger partial charge < -0.3 is 20.3 Å². The first-order chi connectivity index (χ1) is 12.5. The second-order valence-corrected chi connectivity index (χ2v) is 5.83. The average Bonchev–Trinajstić information content (AvgIpc) is 2.98. The highest BCUT2D eigenvalue weighted by Gasteiger charge is 2.31. The van der Waals surface area contributed by atoms with Crippen LogP contribution in [-0.4, -0.2) is 31.6 Å². The lowest BCUT2D eigenvalue weighted by Gasteiger charge is -2.18. The van der Waals surface area contributed by atoms with E-state index in [1.807, 2.05) is 0 Å². The van der Waals surface area contributed by atoms with E-state index in [0.29, 0.717) is 11.4 Å². The van der Waals surface area contributed by atoms with Crippen LogP contribution in [-0.2, 0) is 4.79 Å². The standard InChI is InChI=1S/C18H17F2N3O3/c1-26-14-5-3-13(4-6-14)23-10-12(9-17(23)24)21-18(25)22-16-8-11(19)2-7-15(16)20/h2-8,12H,9-10H2,1H3,(H2,21,22,25)/t12-/m1/s1. The summed E-state index contributed by atoms with van der Waals surface area (Å²) in [5, 5.41) is 4.85. The summed E-state index contributed by atoms with van der Waals surface area (Å²) < 4.78 is 31.8. The van der Waals surface area contributed by atoms with Crippen molar-refractivity contribution in [1.82, 2.24) is 5.32 Å². The molecule has 26 heavy (non-hydrogen) atoms. The second kappa shape index (κ2) is 7.38. The Morgan fingerprint density at radius 2 is 1.92 bits per heavy atom. The molecule has 136 valence electrons. The summed E-state index contributed by atoms with van der Waals surface area (Å²) in [7, 11) is 1.55. The van der Waals surface area contributed by atoms with Crippen LogP contribution in [0.5, 0.6) is 5.75 Å². The van der Waals surface area contributed by atoms with Gasteiger partial charge in [-0.1, -0.05) is 0 Å². The number of amides is 3. The van der Waals surface area contributed by atoms with Gasteiger partial charge in [0.25, 0.3) is 0 Å². The first-order valence-electron chi connectivity index (χ1n) is 7.93. The molecule has 0 saturated carbocycles. The zero-order chi connectivity index (χ0) is 18.7. The minimum Gasteiger partial charge on any atom is -0.497 e. The molecule has 3 rings (SSSR count). The van der Waals surface area contributed by atoms with Gasteiger partial charge in [0.05, 0.1) is 18.8 Å². The van der Waals surface area contributed by atoms with E-state index >= 15 is 0 Å². The molecular weight excluding hydrogens is 344 g/mol. The highest BCUT2D eigenvalue weighted by molar-refractivity contribution is 5.97. The summed E-state index contributed by atoms with van der Waals surface area (Å²) in [6, 6.07) is 8.60. The van der Waals surface area contributed by atoms with E-state index < -0.39 is 23.7 Å². The highest BCUT2D eigenvalue weighted by Crippen LogP contribution is 2.24. The Morgan fingerprint density at radius 3 is 2.62 bits per heavy atom. The van der Waals surface area contributed by atoms with Crippen molar-refractivity contribution in [2.24, 2.45) is 0 Å². The van der Waals surface area contributed by atoms with Crippen LogP contribution in [0.15, 0.2) is 42.5 Å². The van der Waals surface area contributed by atoms with Gasteiger partial charge in [-0.25, -0.2) is 13.6 Å². The van der Waals surface area contributed by atoms with Crippen LogP contribution in [0.3, 0.4) is 0 Å². The van der Waals surface area contributed by atoms with Gasteiger partial charge in [-0.05, 0) is 36.4 Å². The fourth-order valence-electron chi connectivity index (χ4n) is 2.75. The third-order valence-corrected chi connectivity index (χ3v) is 4.02. The molecule has 0 radical (unpaired) electrons. The predicted octanol–water partition coefficient (Wildman–Crippen LogP) is 2.90. The molecule has 0 unspecified atom stereocenters. The molecule has 1 atom stereocenters. The molecule has 0 aliphatic carbocycles. The number of methoxy groups -OCH3 is 1. The number of nitrogens with zero attached hydrogens (tertiary/aromatic N) is 1. The van der Waals surface area contributed by atoms with Gasteiger partial charge >= 0.3 is 6.03 Å². The van der Waals surface area contributed by atoms with E-state index in [4.69, 9.17) is 4.74 Å². The van der Waals surface area contributed by atoms with Crippen molar-refractivity contribution in [2.45, 2.75) is 12.5 Å². The lowest BCUT2D eigenvalue weighted by atomic mass is 10.2. The quantitative estimate of drug-likeness (QED) is 0.880. The fourth-order valence-corrected chi connectivity index (χ4v) is 2.75. The molecule has 2 aromatic rings. The Hall–Kier alpha value is -3.16. The molecule has 2 N–H and O–H groups in total. The van der Waals surface area contributed by atoms with Crippen molar-refractivity contribution < 1.29 is 23.1 Å². The average molecular weight is 361 g/mol. The number of carbonyl (C=O) groups excluding carboxylic acids is 2. The zero-order valence-corrected chi connectivity index (χ0v) is 14.0. The minimum atomic E-state index is -0.746. The molecule has 1 fully saturated rings. The van der Waals surface area contributed by atoms with Gasteiger partial charge in [-0.3, -0.25) is 4.79 Å². The molecule has 0 spiro atoms. The van der Waals surface area contributed by atoms with E-state index in [0.717, 1.165) is 18.2 Å². The van der Waals surface area contributed by atoms with E-state index in [2.05, 4.69) is 10.6 Å². The summed E-state index contributed by atoms with van der Waals surface area (Å²) in [6.07, 6.45) is 0.116. The first-order valence-corrected chi connectivity index (χ1v) is 7.93. The van der Waals surface area contributed by atoms with Crippen LogP contribution < -0.4 is 20.3 Å². The van der Waals surface area contributed by atoms with Crippen LogP contribution in [0.1, 0.15) is 6.42 Å². The topological polar surface area (TPSA) is 70.7 Å². The lowest BCUT2D eigenvalue weighted by molar-refractivity contribution is -0.117. The molecule has 2 aromatic carbocycles. The number of hydrogen-bond acceptors (Lipinski definition) is 3. The van der Waals surface area contributed by atoms with Crippen molar-refractivity contribution in [3.05, 3.63) is 54.1 Å². The Labute approximate surface area is 148 Å². The van der Waals surface area contributed by atoms with Crippen molar-refractivity contribution >= 4 is 23.3 Å². The number of nitrogens with one attached hydrogen (secondary N) is 2. The van der Waals surface area contributed by atoms with Gasteiger partial charge in [0, 0.05) is 24.7 Å². The smallest absolute Gasteiger partial charge is 0.319 e. The van der Waals surface area contributed by atoms with E-state index in [1.165, 1.54) is 0 Å².